The highest BCUT2D eigenvalue weighted by atomic mass is 32.2. The first-order valence-corrected chi connectivity index (χ1v) is 11.1. The number of aromatic nitrogens is 3. The van der Waals surface area contributed by atoms with E-state index in [1.54, 1.807) is 16.7 Å². The van der Waals surface area contributed by atoms with Crippen molar-refractivity contribution in [1.29, 1.82) is 0 Å². The van der Waals surface area contributed by atoms with E-state index in [-0.39, 0.29) is 29.7 Å². The minimum atomic E-state index is -0.326. The van der Waals surface area contributed by atoms with Crippen LogP contribution in [0, 0.1) is 6.92 Å². The molecule has 162 valence electrons. The maximum Gasteiger partial charge on any atom is 0.251 e. The Labute approximate surface area is 186 Å². The molecule has 1 heterocycles. The lowest BCUT2D eigenvalue weighted by molar-refractivity contribution is -0.119. The van der Waals surface area contributed by atoms with Crippen LogP contribution in [-0.2, 0) is 11.8 Å². The third-order valence-corrected chi connectivity index (χ3v) is 5.95. The summed E-state index contributed by atoms with van der Waals surface area (Å²) in [5.74, 6) is 0.611. The molecule has 7 nitrogen and oxygen atoms in total. The highest BCUT2D eigenvalue weighted by Gasteiger charge is 2.19. The monoisotopic (exact) mass is 437 g/mol. The van der Waals surface area contributed by atoms with Crippen LogP contribution in [0.1, 0.15) is 53.2 Å². The summed E-state index contributed by atoms with van der Waals surface area (Å²) in [6, 6.07) is 16.8. The van der Waals surface area contributed by atoms with Gasteiger partial charge in [0.15, 0.2) is 11.0 Å². The molecule has 0 aliphatic rings. The van der Waals surface area contributed by atoms with Crippen molar-refractivity contribution < 1.29 is 9.59 Å². The minimum absolute atomic E-state index is 0.0682. The summed E-state index contributed by atoms with van der Waals surface area (Å²) in [6.07, 6.45) is 0. The number of nitrogens with one attached hydrogen (secondary N) is 2. The SMILES string of the molecule is Cc1ccc(C(=O)N[C@H](C)c2nnc(SCC(=O)N[C@H](C)c3ccccc3)n2C)cc1. The average Bonchev–Trinajstić information content (AvgIpc) is 3.13. The fourth-order valence-electron chi connectivity index (χ4n) is 3.12. The van der Waals surface area contributed by atoms with Crippen molar-refractivity contribution in [1.82, 2.24) is 25.4 Å². The molecule has 0 radical (unpaired) electrons. The van der Waals surface area contributed by atoms with E-state index in [2.05, 4.69) is 20.8 Å². The highest BCUT2D eigenvalue weighted by molar-refractivity contribution is 7.99. The van der Waals surface area contributed by atoms with Gasteiger partial charge in [-0.3, -0.25) is 9.59 Å². The standard InChI is InChI=1S/C23H27N5O2S/c1-15-10-12-19(13-11-15)22(30)25-17(3)21-26-27-23(28(21)4)31-14-20(29)24-16(2)18-8-6-5-7-9-18/h5-13,16-17H,14H2,1-4H3,(H,24,29)(H,25,30)/t16-,17-/m1/s1. The molecule has 0 saturated heterocycles. The van der Waals surface area contributed by atoms with Crippen LogP contribution in [-0.4, -0.2) is 32.3 Å². The second-order valence-electron chi connectivity index (χ2n) is 7.45. The third kappa shape index (κ3) is 5.95. The lowest BCUT2D eigenvalue weighted by Gasteiger charge is -2.15. The van der Waals surface area contributed by atoms with Gasteiger partial charge in [-0.05, 0) is 38.5 Å². The highest BCUT2D eigenvalue weighted by Crippen LogP contribution is 2.20. The van der Waals surface area contributed by atoms with Crippen molar-refractivity contribution in [3.63, 3.8) is 0 Å². The molecule has 0 saturated carbocycles. The van der Waals surface area contributed by atoms with E-state index in [9.17, 15) is 9.59 Å². The lowest BCUT2D eigenvalue weighted by Crippen LogP contribution is -2.29. The molecule has 2 aromatic carbocycles. The number of carbonyl (C=O) groups excluding carboxylic acids is 2. The van der Waals surface area contributed by atoms with Crippen molar-refractivity contribution >= 4 is 23.6 Å². The van der Waals surface area contributed by atoms with Gasteiger partial charge >= 0.3 is 0 Å². The summed E-state index contributed by atoms with van der Waals surface area (Å²) in [5.41, 5.74) is 2.75. The van der Waals surface area contributed by atoms with Crippen molar-refractivity contribution in [2.45, 2.75) is 38.0 Å². The van der Waals surface area contributed by atoms with E-state index in [1.165, 1.54) is 11.8 Å². The quantitative estimate of drug-likeness (QED) is 0.526. The van der Waals surface area contributed by atoms with Gasteiger partial charge in [-0.25, -0.2) is 0 Å². The van der Waals surface area contributed by atoms with Crippen LogP contribution >= 0.6 is 11.8 Å². The Bertz CT molecular complexity index is 1030. The Kier molecular flexibility index (Phi) is 7.46. The Morgan fingerprint density at radius 3 is 2.32 bits per heavy atom. The number of nitrogens with zero attached hydrogens (tertiary/aromatic N) is 3. The Morgan fingerprint density at radius 1 is 0.968 bits per heavy atom. The molecule has 3 rings (SSSR count). The minimum Gasteiger partial charge on any atom is -0.349 e. The topological polar surface area (TPSA) is 88.9 Å². The van der Waals surface area contributed by atoms with Gasteiger partial charge in [0.05, 0.1) is 17.8 Å². The third-order valence-electron chi connectivity index (χ3n) is 4.93. The van der Waals surface area contributed by atoms with Crippen LogP contribution in [0.15, 0.2) is 59.8 Å². The first-order chi connectivity index (χ1) is 14.8. The van der Waals surface area contributed by atoms with Gasteiger partial charge in [-0.1, -0.05) is 59.8 Å². The van der Waals surface area contributed by atoms with Crippen LogP contribution < -0.4 is 10.6 Å². The molecule has 0 bridgehead atoms. The normalized spacial score (nSPS) is 12.8. The second-order valence-corrected chi connectivity index (χ2v) is 8.39. The Balaban J connectivity index is 1.55. The Morgan fingerprint density at radius 2 is 1.65 bits per heavy atom. The summed E-state index contributed by atoms with van der Waals surface area (Å²) in [6.45, 7) is 5.79. The van der Waals surface area contributed by atoms with Gasteiger partial charge < -0.3 is 15.2 Å². The fraction of sp³-hybridized carbons (Fsp3) is 0.304. The molecule has 0 aliphatic heterocycles. The number of hydrogen-bond donors (Lipinski definition) is 2. The molecular formula is C23H27N5O2S. The maximum absolute atomic E-state index is 12.5. The maximum atomic E-state index is 12.5. The van der Waals surface area contributed by atoms with Crippen LogP contribution in [0.2, 0.25) is 0 Å². The van der Waals surface area contributed by atoms with E-state index in [1.807, 2.05) is 70.3 Å². The number of thioether (sulfide) groups is 1. The van der Waals surface area contributed by atoms with E-state index >= 15 is 0 Å². The van der Waals surface area contributed by atoms with Gasteiger partial charge in [0, 0.05) is 12.6 Å². The molecule has 0 aliphatic carbocycles. The number of amides is 2. The molecule has 0 unspecified atom stereocenters. The van der Waals surface area contributed by atoms with Crippen molar-refractivity contribution in [3.05, 3.63) is 77.1 Å². The van der Waals surface area contributed by atoms with Crippen LogP contribution in [0.4, 0.5) is 0 Å². The van der Waals surface area contributed by atoms with Crippen LogP contribution in [0.3, 0.4) is 0 Å². The zero-order valence-electron chi connectivity index (χ0n) is 18.1. The molecule has 8 heteroatoms. The molecule has 3 aromatic rings. The molecule has 2 atom stereocenters. The number of carbonyl (C=O) groups is 2. The summed E-state index contributed by atoms with van der Waals surface area (Å²) < 4.78 is 1.80. The van der Waals surface area contributed by atoms with E-state index < -0.39 is 0 Å². The van der Waals surface area contributed by atoms with E-state index in [4.69, 9.17) is 0 Å². The second kappa shape index (κ2) is 10.3. The first kappa shape index (κ1) is 22.6. The number of aryl methyl sites for hydroxylation is 1. The predicted molar refractivity (Wildman–Crippen MR) is 122 cm³/mol. The van der Waals surface area contributed by atoms with Crippen molar-refractivity contribution in [3.8, 4) is 0 Å². The van der Waals surface area contributed by atoms with E-state index in [0.717, 1.165) is 11.1 Å². The van der Waals surface area contributed by atoms with Crippen LogP contribution in [0.5, 0.6) is 0 Å². The first-order valence-electron chi connectivity index (χ1n) is 10.1. The molecule has 31 heavy (non-hydrogen) atoms. The summed E-state index contributed by atoms with van der Waals surface area (Å²) in [5, 5.41) is 14.9. The molecular weight excluding hydrogens is 410 g/mol. The molecule has 0 fully saturated rings. The zero-order chi connectivity index (χ0) is 22.4. The van der Waals surface area contributed by atoms with Crippen molar-refractivity contribution in [2.24, 2.45) is 7.05 Å². The van der Waals surface area contributed by atoms with E-state index in [0.29, 0.717) is 16.5 Å². The molecule has 2 N–H and O–H groups in total. The van der Waals surface area contributed by atoms with Crippen LogP contribution in [0.25, 0.3) is 0 Å². The number of hydrogen-bond acceptors (Lipinski definition) is 5. The number of rotatable bonds is 8. The Hall–Kier alpha value is -3.13. The predicted octanol–water partition coefficient (Wildman–Crippen LogP) is 3.58. The van der Waals surface area contributed by atoms with Gasteiger partial charge in [-0.2, -0.15) is 0 Å². The molecule has 2 amide bonds. The largest absolute Gasteiger partial charge is 0.349 e. The van der Waals surface area contributed by atoms with Crippen molar-refractivity contribution in [2.75, 3.05) is 5.75 Å². The molecule has 0 spiro atoms. The summed E-state index contributed by atoms with van der Waals surface area (Å²) >= 11 is 1.31. The zero-order valence-corrected chi connectivity index (χ0v) is 18.9. The van der Waals surface area contributed by atoms with Gasteiger partial charge in [0.1, 0.15) is 0 Å². The van der Waals surface area contributed by atoms with Gasteiger partial charge in [-0.15, -0.1) is 10.2 Å². The number of benzene rings is 2. The summed E-state index contributed by atoms with van der Waals surface area (Å²) in [4.78, 5) is 24.8. The average molecular weight is 438 g/mol. The smallest absolute Gasteiger partial charge is 0.251 e. The summed E-state index contributed by atoms with van der Waals surface area (Å²) in [7, 11) is 1.83. The fourth-order valence-corrected chi connectivity index (χ4v) is 3.85. The van der Waals surface area contributed by atoms with Gasteiger partial charge in [0.2, 0.25) is 5.91 Å². The lowest BCUT2D eigenvalue weighted by atomic mass is 10.1. The van der Waals surface area contributed by atoms with Gasteiger partial charge in [0.25, 0.3) is 5.91 Å². The molecule has 1 aromatic heterocycles.